The second-order valence-electron chi connectivity index (χ2n) is 10.1. The van der Waals surface area contributed by atoms with Gasteiger partial charge in [0.2, 0.25) is 0 Å². The molecule has 3 aromatic rings. The number of aliphatic hydroxyl groups excluding tert-OH is 2. The lowest BCUT2D eigenvalue weighted by Crippen LogP contribution is -2.48. The van der Waals surface area contributed by atoms with Gasteiger partial charge in [-0.1, -0.05) is 48.0 Å². The Morgan fingerprint density at radius 2 is 1.74 bits per heavy atom. The van der Waals surface area contributed by atoms with Crippen LogP contribution in [0.25, 0.3) is 11.1 Å². The lowest BCUT2D eigenvalue weighted by molar-refractivity contribution is -0.0521. The molecular weight excluding hydrogens is 538 g/mol. The molecule has 10 heteroatoms. The van der Waals surface area contributed by atoms with Crippen LogP contribution in [0.3, 0.4) is 0 Å². The van der Waals surface area contributed by atoms with Gasteiger partial charge in [0, 0.05) is 35.3 Å². The van der Waals surface area contributed by atoms with Gasteiger partial charge in [0.15, 0.2) is 17.2 Å². The van der Waals surface area contributed by atoms with E-state index < -0.39 is 40.7 Å². The maximum Gasteiger partial charge on any atom is 0.387 e. The van der Waals surface area contributed by atoms with E-state index in [-0.39, 0.29) is 46.7 Å². The second-order valence-corrected chi connectivity index (χ2v) is 10.4. The Labute approximate surface area is 228 Å². The van der Waals surface area contributed by atoms with Crippen LogP contribution in [0.15, 0.2) is 48.5 Å². The quantitative estimate of drug-likeness (QED) is 0.289. The molecule has 1 aliphatic heterocycles. The molecule has 0 aromatic heterocycles. The Morgan fingerprint density at radius 1 is 1.05 bits per heavy atom. The van der Waals surface area contributed by atoms with Gasteiger partial charge in [-0.05, 0) is 49.8 Å². The molecule has 0 bridgehead atoms. The molecule has 5 nitrogen and oxygen atoms in total. The SMILES string of the molecule is Cc1ccc(OC(F)F)c(F)c1-c1c(Cl)c(F)cc2c1[C@H](O)[C@@](CN[C@H]1CC[C@H](O)CC1)(c1ccccc1)O2. The molecule has 2 aliphatic rings. The molecular formula is C29H28ClF4NO4. The maximum absolute atomic E-state index is 15.6. The average Bonchev–Trinajstić information content (AvgIpc) is 3.19. The van der Waals surface area contributed by atoms with Gasteiger partial charge in [0.1, 0.15) is 17.7 Å². The number of fused-ring (bicyclic) bond motifs is 1. The summed E-state index contributed by atoms with van der Waals surface area (Å²) in [5.74, 6) is -2.85. The Kier molecular flexibility index (Phi) is 7.79. The summed E-state index contributed by atoms with van der Waals surface area (Å²) >= 11 is 6.39. The lowest BCUT2D eigenvalue weighted by atomic mass is 9.82. The molecule has 0 radical (unpaired) electrons. The van der Waals surface area contributed by atoms with Crippen molar-refractivity contribution in [2.45, 2.75) is 63.1 Å². The van der Waals surface area contributed by atoms with Gasteiger partial charge in [0.05, 0.1) is 11.1 Å². The van der Waals surface area contributed by atoms with Crippen molar-refractivity contribution in [3.05, 3.63) is 81.9 Å². The third-order valence-corrected chi connectivity index (χ3v) is 7.99. The minimum absolute atomic E-state index is 0.0388. The molecule has 208 valence electrons. The molecule has 1 saturated carbocycles. The van der Waals surface area contributed by atoms with Crippen LogP contribution in [0.2, 0.25) is 5.02 Å². The zero-order chi connectivity index (χ0) is 27.9. The van der Waals surface area contributed by atoms with Crippen molar-refractivity contribution >= 4 is 11.6 Å². The largest absolute Gasteiger partial charge is 0.478 e. The van der Waals surface area contributed by atoms with Crippen molar-refractivity contribution in [3.8, 4) is 22.6 Å². The summed E-state index contributed by atoms with van der Waals surface area (Å²) in [4.78, 5) is 0. The third kappa shape index (κ3) is 5.09. The van der Waals surface area contributed by atoms with Crippen LogP contribution in [-0.4, -0.2) is 35.5 Å². The van der Waals surface area contributed by atoms with Crippen LogP contribution in [0, 0.1) is 18.6 Å². The second kappa shape index (κ2) is 11.0. The molecule has 1 aliphatic carbocycles. The first-order valence-electron chi connectivity index (χ1n) is 12.7. The van der Waals surface area contributed by atoms with E-state index in [9.17, 15) is 19.0 Å². The first kappa shape index (κ1) is 27.7. The van der Waals surface area contributed by atoms with Gasteiger partial charge in [-0.25, -0.2) is 8.78 Å². The van der Waals surface area contributed by atoms with Crippen LogP contribution >= 0.6 is 11.6 Å². The number of nitrogens with one attached hydrogen (secondary N) is 1. The number of rotatable bonds is 7. The van der Waals surface area contributed by atoms with Crippen molar-refractivity contribution in [2.75, 3.05) is 6.54 Å². The molecule has 3 N–H and O–H groups in total. The minimum atomic E-state index is -3.28. The van der Waals surface area contributed by atoms with Crippen LogP contribution in [0.4, 0.5) is 17.6 Å². The lowest BCUT2D eigenvalue weighted by Gasteiger charge is -2.36. The van der Waals surface area contributed by atoms with Crippen LogP contribution in [-0.2, 0) is 5.60 Å². The molecule has 1 heterocycles. The zero-order valence-corrected chi connectivity index (χ0v) is 21.8. The first-order valence-corrected chi connectivity index (χ1v) is 13.1. The van der Waals surface area contributed by atoms with Crippen molar-refractivity contribution < 1.29 is 37.2 Å². The van der Waals surface area contributed by atoms with Crippen molar-refractivity contribution in [3.63, 3.8) is 0 Å². The van der Waals surface area contributed by atoms with Gasteiger partial charge in [-0.2, -0.15) is 8.78 Å². The number of hydrogen-bond donors (Lipinski definition) is 3. The summed E-state index contributed by atoms with van der Waals surface area (Å²) in [6, 6.07) is 12.4. The highest BCUT2D eigenvalue weighted by atomic mass is 35.5. The number of alkyl halides is 2. The van der Waals surface area contributed by atoms with Gasteiger partial charge >= 0.3 is 6.61 Å². The highest BCUT2D eigenvalue weighted by Gasteiger charge is 2.51. The fourth-order valence-electron chi connectivity index (χ4n) is 5.60. The Bertz CT molecular complexity index is 1350. The van der Waals surface area contributed by atoms with E-state index in [1.807, 2.05) is 0 Å². The van der Waals surface area contributed by atoms with E-state index in [0.717, 1.165) is 25.0 Å². The van der Waals surface area contributed by atoms with Gasteiger partial charge in [0.25, 0.3) is 0 Å². The predicted molar refractivity (Wildman–Crippen MR) is 138 cm³/mol. The standard InChI is InChI=1S/C29H28ClF4NO4/c1-15-7-12-20(38-28(33)34)26(32)22(15)24-23-21(13-19(31)25(24)30)39-29(27(23)37,16-5-3-2-4-6-16)14-35-17-8-10-18(36)11-9-17/h2-7,12-13,17-18,27-28,35-37H,8-11,14H2,1H3/t17-,18-,27-,29+/m0/s1. The third-order valence-electron chi connectivity index (χ3n) is 7.62. The molecule has 2 atom stereocenters. The normalized spacial score (nSPS) is 24.5. The highest BCUT2D eigenvalue weighted by molar-refractivity contribution is 6.34. The van der Waals surface area contributed by atoms with Crippen LogP contribution in [0.5, 0.6) is 11.5 Å². The van der Waals surface area contributed by atoms with E-state index in [2.05, 4.69) is 10.1 Å². The minimum Gasteiger partial charge on any atom is -0.478 e. The van der Waals surface area contributed by atoms with E-state index >= 15 is 8.78 Å². The van der Waals surface area contributed by atoms with E-state index in [1.165, 1.54) is 13.0 Å². The molecule has 0 saturated heterocycles. The van der Waals surface area contributed by atoms with Crippen molar-refractivity contribution in [1.29, 1.82) is 0 Å². The van der Waals surface area contributed by atoms with E-state index in [4.69, 9.17) is 16.3 Å². The fraction of sp³-hybridized carbons (Fsp3) is 0.379. The van der Waals surface area contributed by atoms with E-state index in [1.54, 1.807) is 30.3 Å². The molecule has 0 spiro atoms. The molecule has 3 aromatic carbocycles. The monoisotopic (exact) mass is 565 g/mol. The highest BCUT2D eigenvalue weighted by Crippen LogP contribution is 2.55. The van der Waals surface area contributed by atoms with Crippen LogP contribution in [0.1, 0.15) is 48.5 Å². The molecule has 5 rings (SSSR count). The Hall–Kier alpha value is -2.85. The fourth-order valence-corrected chi connectivity index (χ4v) is 5.85. The Morgan fingerprint density at radius 3 is 2.41 bits per heavy atom. The van der Waals surface area contributed by atoms with Crippen LogP contribution < -0.4 is 14.8 Å². The topological polar surface area (TPSA) is 71.0 Å². The number of hydrogen-bond acceptors (Lipinski definition) is 5. The number of aryl methyl sites for hydroxylation is 1. The zero-order valence-electron chi connectivity index (χ0n) is 21.1. The first-order chi connectivity index (χ1) is 18.6. The smallest absolute Gasteiger partial charge is 0.387 e. The summed E-state index contributed by atoms with van der Waals surface area (Å²) in [5, 5.41) is 24.7. The summed E-state index contributed by atoms with van der Waals surface area (Å²) < 4.78 is 67.4. The van der Waals surface area contributed by atoms with Gasteiger partial charge in [-0.15, -0.1) is 0 Å². The summed E-state index contributed by atoms with van der Waals surface area (Å²) in [7, 11) is 0. The Balaban J connectivity index is 1.63. The number of ether oxygens (including phenoxy) is 2. The number of halogens is 5. The summed E-state index contributed by atoms with van der Waals surface area (Å²) in [5.41, 5.74) is -0.990. The van der Waals surface area contributed by atoms with Crippen molar-refractivity contribution in [1.82, 2.24) is 5.32 Å². The van der Waals surface area contributed by atoms with E-state index in [0.29, 0.717) is 18.4 Å². The molecule has 39 heavy (non-hydrogen) atoms. The maximum atomic E-state index is 15.6. The summed E-state index contributed by atoms with van der Waals surface area (Å²) in [6.45, 7) is -1.65. The molecule has 1 fully saturated rings. The predicted octanol–water partition coefficient (Wildman–Crippen LogP) is 6.41. The summed E-state index contributed by atoms with van der Waals surface area (Å²) in [6.07, 6.45) is 0.937. The number of benzene rings is 3. The number of aliphatic hydroxyl groups is 2. The average molecular weight is 566 g/mol. The van der Waals surface area contributed by atoms with Gasteiger partial charge in [-0.3, -0.25) is 0 Å². The van der Waals surface area contributed by atoms with Gasteiger partial charge < -0.3 is 25.0 Å². The molecule has 0 unspecified atom stereocenters. The molecule has 0 amide bonds. The van der Waals surface area contributed by atoms with Crippen molar-refractivity contribution in [2.24, 2.45) is 0 Å².